The van der Waals surface area contributed by atoms with Crippen molar-refractivity contribution in [3.63, 3.8) is 0 Å². The first kappa shape index (κ1) is 15.2. The molecule has 1 fully saturated rings. The van der Waals surface area contributed by atoms with Crippen LogP contribution < -0.4 is 10.5 Å². The first-order chi connectivity index (χ1) is 9.99. The number of carbonyl (C=O) groups is 2. The highest BCUT2D eigenvalue weighted by atomic mass is 16.5. The summed E-state index contributed by atoms with van der Waals surface area (Å²) < 4.78 is 5.57. The normalized spacial score (nSPS) is 16.3. The van der Waals surface area contributed by atoms with Crippen LogP contribution in [0.1, 0.15) is 36.5 Å². The van der Waals surface area contributed by atoms with E-state index in [0.29, 0.717) is 5.75 Å². The molecular formula is C15H20N2O4. The summed E-state index contributed by atoms with van der Waals surface area (Å²) in [6.45, 7) is 3.19. The standard InChI is InChI=1S/C15H20N2O4/c1-10(14(18)17-7-3-2-4-8-17)21-11-5-6-13(16)12(9-11)15(19)20/h5-6,9-10H,2-4,7-8,16H2,1H3,(H,19,20). The van der Waals surface area contributed by atoms with E-state index in [0.717, 1.165) is 32.4 Å². The Labute approximate surface area is 123 Å². The molecule has 1 heterocycles. The van der Waals surface area contributed by atoms with Crippen molar-refractivity contribution < 1.29 is 19.4 Å². The Bertz CT molecular complexity index is 538. The second-order valence-corrected chi connectivity index (χ2v) is 5.20. The number of nitrogens with zero attached hydrogens (tertiary/aromatic N) is 1. The molecule has 2 rings (SSSR count). The van der Waals surface area contributed by atoms with Gasteiger partial charge in [-0.05, 0) is 44.4 Å². The largest absolute Gasteiger partial charge is 0.481 e. The van der Waals surface area contributed by atoms with Gasteiger partial charge in [0, 0.05) is 18.8 Å². The lowest BCUT2D eigenvalue weighted by Crippen LogP contribution is -2.43. The van der Waals surface area contributed by atoms with Crippen LogP contribution in [0.25, 0.3) is 0 Å². The minimum atomic E-state index is -1.12. The van der Waals surface area contributed by atoms with Gasteiger partial charge in [0.15, 0.2) is 6.10 Å². The van der Waals surface area contributed by atoms with Crippen LogP contribution in [0.3, 0.4) is 0 Å². The van der Waals surface area contributed by atoms with Gasteiger partial charge in [-0.3, -0.25) is 4.79 Å². The minimum absolute atomic E-state index is 0.0230. The summed E-state index contributed by atoms with van der Waals surface area (Å²) in [6, 6.07) is 4.39. The zero-order chi connectivity index (χ0) is 15.4. The molecule has 0 saturated carbocycles. The molecule has 1 aliphatic rings. The number of likely N-dealkylation sites (tertiary alicyclic amines) is 1. The Morgan fingerprint density at radius 1 is 1.29 bits per heavy atom. The molecule has 1 unspecified atom stereocenters. The van der Waals surface area contributed by atoms with Gasteiger partial charge in [0.2, 0.25) is 0 Å². The van der Waals surface area contributed by atoms with Crippen LogP contribution in [0.2, 0.25) is 0 Å². The van der Waals surface area contributed by atoms with Crippen molar-refractivity contribution in [2.24, 2.45) is 0 Å². The molecule has 0 radical (unpaired) electrons. The Morgan fingerprint density at radius 2 is 1.95 bits per heavy atom. The third-order valence-electron chi connectivity index (χ3n) is 3.58. The van der Waals surface area contributed by atoms with E-state index in [2.05, 4.69) is 0 Å². The summed E-state index contributed by atoms with van der Waals surface area (Å²) in [6.07, 6.45) is 2.54. The molecule has 1 aromatic carbocycles. The van der Waals surface area contributed by atoms with E-state index < -0.39 is 12.1 Å². The molecule has 1 aromatic rings. The van der Waals surface area contributed by atoms with Crippen LogP contribution in [0.5, 0.6) is 5.75 Å². The Kier molecular flexibility index (Phi) is 4.67. The van der Waals surface area contributed by atoms with Crippen molar-refractivity contribution in [3.8, 4) is 5.75 Å². The van der Waals surface area contributed by atoms with Crippen molar-refractivity contribution in [1.29, 1.82) is 0 Å². The number of rotatable bonds is 4. The topological polar surface area (TPSA) is 92.9 Å². The first-order valence-electron chi connectivity index (χ1n) is 7.07. The number of carboxylic acids is 1. The molecule has 6 nitrogen and oxygen atoms in total. The quantitative estimate of drug-likeness (QED) is 0.825. The second kappa shape index (κ2) is 6.47. The summed E-state index contributed by atoms with van der Waals surface area (Å²) in [5.41, 5.74) is 5.73. The van der Waals surface area contributed by atoms with Gasteiger partial charge >= 0.3 is 5.97 Å². The van der Waals surface area contributed by atoms with E-state index in [9.17, 15) is 9.59 Å². The minimum Gasteiger partial charge on any atom is -0.481 e. The molecule has 0 aliphatic carbocycles. The molecule has 6 heteroatoms. The van der Waals surface area contributed by atoms with E-state index in [4.69, 9.17) is 15.6 Å². The van der Waals surface area contributed by atoms with Gasteiger partial charge in [-0.25, -0.2) is 4.79 Å². The number of aromatic carboxylic acids is 1. The van der Waals surface area contributed by atoms with Crippen molar-refractivity contribution >= 4 is 17.6 Å². The predicted molar refractivity (Wildman–Crippen MR) is 78.3 cm³/mol. The van der Waals surface area contributed by atoms with E-state index >= 15 is 0 Å². The Hall–Kier alpha value is -2.24. The zero-order valence-corrected chi connectivity index (χ0v) is 12.0. The maximum absolute atomic E-state index is 12.2. The molecule has 1 aliphatic heterocycles. The molecule has 114 valence electrons. The third-order valence-corrected chi connectivity index (χ3v) is 3.58. The number of benzene rings is 1. The van der Waals surface area contributed by atoms with E-state index in [1.54, 1.807) is 17.9 Å². The lowest BCUT2D eigenvalue weighted by atomic mass is 10.1. The molecule has 0 bridgehead atoms. The van der Waals surface area contributed by atoms with Gasteiger partial charge in [0.25, 0.3) is 5.91 Å². The SMILES string of the molecule is CC(Oc1ccc(N)c(C(=O)O)c1)C(=O)N1CCCCC1. The monoisotopic (exact) mass is 292 g/mol. The summed E-state index contributed by atoms with van der Waals surface area (Å²) in [5.74, 6) is -0.851. The fourth-order valence-corrected chi connectivity index (χ4v) is 2.42. The smallest absolute Gasteiger partial charge is 0.337 e. The van der Waals surface area contributed by atoms with Gasteiger partial charge in [-0.1, -0.05) is 0 Å². The molecule has 3 N–H and O–H groups in total. The molecule has 1 saturated heterocycles. The fourth-order valence-electron chi connectivity index (χ4n) is 2.42. The van der Waals surface area contributed by atoms with Gasteiger partial charge in [-0.15, -0.1) is 0 Å². The average Bonchev–Trinajstić information content (AvgIpc) is 2.49. The number of carboxylic acid groups (broad SMARTS) is 1. The van der Waals surface area contributed by atoms with E-state index in [1.165, 1.54) is 12.1 Å². The van der Waals surface area contributed by atoms with E-state index in [1.807, 2.05) is 0 Å². The van der Waals surface area contributed by atoms with Crippen LogP contribution >= 0.6 is 0 Å². The molecule has 1 atom stereocenters. The third kappa shape index (κ3) is 3.65. The lowest BCUT2D eigenvalue weighted by Gasteiger charge is -2.29. The molecule has 0 spiro atoms. The number of nitrogens with two attached hydrogens (primary N) is 1. The molecular weight excluding hydrogens is 272 g/mol. The molecule has 1 amide bonds. The highest BCUT2D eigenvalue weighted by molar-refractivity contribution is 5.94. The van der Waals surface area contributed by atoms with Crippen LogP contribution in [-0.4, -0.2) is 41.1 Å². The number of carbonyl (C=O) groups excluding carboxylic acids is 1. The number of piperidine rings is 1. The summed E-state index contributed by atoms with van der Waals surface area (Å²) in [4.78, 5) is 25.1. The summed E-state index contributed by atoms with van der Waals surface area (Å²) in [5, 5.41) is 9.03. The number of hydrogen-bond donors (Lipinski definition) is 2. The highest BCUT2D eigenvalue weighted by Gasteiger charge is 2.23. The van der Waals surface area contributed by atoms with Crippen molar-refractivity contribution in [1.82, 2.24) is 4.90 Å². The van der Waals surface area contributed by atoms with Crippen LogP contribution in [0.15, 0.2) is 18.2 Å². The maximum atomic E-state index is 12.2. The first-order valence-corrected chi connectivity index (χ1v) is 7.07. The lowest BCUT2D eigenvalue weighted by molar-refractivity contribution is -0.138. The predicted octanol–water partition coefficient (Wildman–Crippen LogP) is 1.75. The van der Waals surface area contributed by atoms with Gasteiger partial charge in [0.05, 0.1) is 5.56 Å². The molecule has 21 heavy (non-hydrogen) atoms. The van der Waals surface area contributed by atoms with Gasteiger partial charge in [0.1, 0.15) is 5.75 Å². The fraction of sp³-hybridized carbons (Fsp3) is 0.467. The Morgan fingerprint density at radius 3 is 2.57 bits per heavy atom. The summed E-state index contributed by atoms with van der Waals surface area (Å²) >= 11 is 0. The van der Waals surface area contributed by atoms with Crippen LogP contribution in [0.4, 0.5) is 5.69 Å². The van der Waals surface area contributed by atoms with Gasteiger partial charge in [-0.2, -0.15) is 0 Å². The maximum Gasteiger partial charge on any atom is 0.337 e. The number of nitrogen functional groups attached to an aromatic ring is 1. The number of ether oxygens (including phenoxy) is 1. The number of anilines is 1. The summed E-state index contributed by atoms with van der Waals surface area (Å²) in [7, 11) is 0. The van der Waals surface area contributed by atoms with Crippen molar-refractivity contribution in [2.45, 2.75) is 32.3 Å². The second-order valence-electron chi connectivity index (χ2n) is 5.20. The van der Waals surface area contributed by atoms with Crippen molar-refractivity contribution in [2.75, 3.05) is 18.8 Å². The average molecular weight is 292 g/mol. The van der Waals surface area contributed by atoms with Crippen molar-refractivity contribution in [3.05, 3.63) is 23.8 Å². The number of hydrogen-bond acceptors (Lipinski definition) is 4. The van der Waals surface area contributed by atoms with E-state index in [-0.39, 0.29) is 17.2 Å². The number of amides is 1. The van der Waals surface area contributed by atoms with Crippen LogP contribution in [0, 0.1) is 0 Å². The zero-order valence-electron chi connectivity index (χ0n) is 12.0. The Balaban J connectivity index is 2.05. The highest BCUT2D eigenvalue weighted by Crippen LogP contribution is 2.21. The molecule has 0 aromatic heterocycles. The van der Waals surface area contributed by atoms with Crippen LogP contribution in [-0.2, 0) is 4.79 Å². The van der Waals surface area contributed by atoms with Gasteiger partial charge < -0.3 is 20.5 Å².